The van der Waals surface area contributed by atoms with Gasteiger partial charge in [-0.25, -0.2) is 17.2 Å². The minimum atomic E-state index is -4.38. The standard InChI is InChI=1S/C12H13F2NO5S/c1-19-12(16)10-7-20-5-4-15(10)21(17,18)11-6-8(13)2-3-9(11)14/h2-3,6,10H,4-5,7H2,1H3. The molecular weight excluding hydrogens is 308 g/mol. The third-order valence-corrected chi connectivity index (χ3v) is 4.96. The highest BCUT2D eigenvalue weighted by atomic mass is 32.2. The molecule has 1 aliphatic rings. The van der Waals surface area contributed by atoms with E-state index in [1.54, 1.807) is 0 Å². The van der Waals surface area contributed by atoms with Crippen molar-refractivity contribution in [1.29, 1.82) is 0 Å². The Hall–Kier alpha value is -1.58. The van der Waals surface area contributed by atoms with Crippen molar-refractivity contribution < 1.29 is 31.5 Å². The van der Waals surface area contributed by atoms with Gasteiger partial charge in [-0.15, -0.1) is 0 Å². The van der Waals surface area contributed by atoms with Crippen molar-refractivity contribution in [2.75, 3.05) is 26.9 Å². The van der Waals surface area contributed by atoms with Crippen LogP contribution in [0.2, 0.25) is 0 Å². The average Bonchev–Trinajstić information content (AvgIpc) is 2.48. The van der Waals surface area contributed by atoms with Crippen LogP contribution in [0, 0.1) is 11.6 Å². The SMILES string of the molecule is COC(=O)C1COCCN1S(=O)(=O)c1cc(F)ccc1F. The lowest BCUT2D eigenvalue weighted by Crippen LogP contribution is -2.52. The zero-order valence-electron chi connectivity index (χ0n) is 11.1. The number of rotatable bonds is 3. The quantitative estimate of drug-likeness (QED) is 0.759. The molecule has 0 radical (unpaired) electrons. The van der Waals surface area contributed by atoms with Gasteiger partial charge in [-0.05, 0) is 18.2 Å². The van der Waals surface area contributed by atoms with Gasteiger partial charge in [0, 0.05) is 6.54 Å². The Morgan fingerprint density at radius 1 is 1.43 bits per heavy atom. The summed E-state index contributed by atoms with van der Waals surface area (Å²) in [6.45, 7) is -0.315. The Balaban J connectivity index is 2.45. The number of methoxy groups -OCH3 is 1. The first-order chi connectivity index (χ1) is 9.87. The van der Waals surface area contributed by atoms with E-state index in [0.29, 0.717) is 6.07 Å². The number of nitrogens with zero attached hydrogens (tertiary/aromatic N) is 1. The Morgan fingerprint density at radius 2 is 2.14 bits per heavy atom. The summed E-state index contributed by atoms with van der Waals surface area (Å²) in [7, 11) is -3.28. The molecule has 1 saturated heterocycles. The summed E-state index contributed by atoms with van der Waals surface area (Å²) in [5.74, 6) is -2.81. The normalized spacial score (nSPS) is 20.2. The summed E-state index contributed by atoms with van der Waals surface area (Å²) in [6, 6.07) is 0.881. The molecule has 116 valence electrons. The molecule has 6 nitrogen and oxygen atoms in total. The Bertz CT molecular complexity index is 649. The molecule has 0 bridgehead atoms. The first kappa shape index (κ1) is 15.8. The van der Waals surface area contributed by atoms with Crippen LogP contribution in [-0.4, -0.2) is 51.6 Å². The molecule has 1 atom stereocenters. The Labute approximate surface area is 120 Å². The number of morpholine rings is 1. The van der Waals surface area contributed by atoms with Gasteiger partial charge in [-0.1, -0.05) is 0 Å². The number of sulfonamides is 1. The number of carbonyl (C=O) groups excluding carboxylic acids is 1. The summed E-state index contributed by atoms with van der Waals surface area (Å²) < 4.78 is 62.1. The van der Waals surface area contributed by atoms with E-state index < -0.39 is 38.6 Å². The second kappa shape index (κ2) is 6.04. The number of benzene rings is 1. The number of esters is 1. The Morgan fingerprint density at radius 3 is 2.81 bits per heavy atom. The van der Waals surface area contributed by atoms with Crippen molar-refractivity contribution in [2.24, 2.45) is 0 Å². The van der Waals surface area contributed by atoms with Crippen LogP contribution >= 0.6 is 0 Å². The maximum Gasteiger partial charge on any atom is 0.326 e. The first-order valence-corrected chi connectivity index (χ1v) is 7.44. The van der Waals surface area contributed by atoms with E-state index in [9.17, 15) is 22.0 Å². The van der Waals surface area contributed by atoms with Crippen molar-refractivity contribution in [3.05, 3.63) is 29.8 Å². The predicted molar refractivity (Wildman–Crippen MR) is 66.9 cm³/mol. The highest BCUT2D eigenvalue weighted by molar-refractivity contribution is 7.89. The van der Waals surface area contributed by atoms with Gasteiger partial charge in [0.05, 0.1) is 20.3 Å². The minimum Gasteiger partial charge on any atom is -0.468 e. The summed E-state index contributed by atoms with van der Waals surface area (Å²) in [6.07, 6.45) is 0. The van der Waals surface area contributed by atoms with E-state index in [0.717, 1.165) is 23.5 Å². The minimum absolute atomic E-state index is 0.0453. The van der Waals surface area contributed by atoms with Crippen LogP contribution in [0.25, 0.3) is 0 Å². The lowest BCUT2D eigenvalue weighted by atomic mass is 10.3. The third-order valence-electron chi connectivity index (χ3n) is 3.03. The van der Waals surface area contributed by atoms with E-state index >= 15 is 0 Å². The zero-order chi connectivity index (χ0) is 15.6. The van der Waals surface area contributed by atoms with E-state index in [2.05, 4.69) is 4.74 Å². The summed E-state index contributed by atoms with van der Waals surface area (Å²) in [5, 5.41) is 0. The van der Waals surface area contributed by atoms with Crippen LogP contribution in [0.3, 0.4) is 0 Å². The smallest absolute Gasteiger partial charge is 0.326 e. The molecule has 0 aromatic heterocycles. The molecule has 0 saturated carbocycles. The highest BCUT2D eigenvalue weighted by Gasteiger charge is 2.40. The van der Waals surface area contributed by atoms with Gasteiger partial charge in [0.25, 0.3) is 0 Å². The van der Waals surface area contributed by atoms with E-state index in [4.69, 9.17) is 4.74 Å². The molecule has 21 heavy (non-hydrogen) atoms. The topological polar surface area (TPSA) is 72.9 Å². The molecule has 1 aliphatic heterocycles. The van der Waals surface area contributed by atoms with Gasteiger partial charge in [0.1, 0.15) is 22.6 Å². The van der Waals surface area contributed by atoms with Crippen molar-refractivity contribution >= 4 is 16.0 Å². The fourth-order valence-electron chi connectivity index (χ4n) is 2.00. The molecule has 0 spiro atoms. The van der Waals surface area contributed by atoms with Crippen molar-refractivity contribution in [1.82, 2.24) is 4.31 Å². The predicted octanol–water partition coefficient (Wildman–Crippen LogP) is 0.527. The second-order valence-corrected chi connectivity index (χ2v) is 6.16. The largest absolute Gasteiger partial charge is 0.468 e. The molecule has 1 aromatic carbocycles. The molecule has 1 heterocycles. The van der Waals surface area contributed by atoms with Crippen LogP contribution in [0.4, 0.5) is 8.78 Å². The van der Waals surface area contributed by atoms with E-state index in [1.165, 1.54) is 0 Å². The van der Waals surface area contributed by atoms with Gasteiger partial charge in [0.2, 0.25) is 10.0 Å². The van der Waals surface area contributed by atoms with Crippen molar-refractivity contribution in [3.8, 4) is 0 Å². The van der Waals surface area contributed by atoms with Crippen molar-refractivity contribution in [2.45, 2.75) is 10.9 Å². The molecule has 2 rings (SSSR count). The molecule has 0 aliphatic carbocycles. The fraction of sp³-hybridized carbons (Fsp3) is 0.417. The zero-order valence-corrected chi connectivity index (χ0v) is 11.9. The number of hydrogen-bond donors (Lipinski definition) is 0. The number of halogens is 2. The molecule has 0 N–H and O–H groups in total. The third kappa shape index (κ3) is 3.04. The van der Waals surface area contributed by atoms with Crippen LogP contribution < -0.4 is 0 Å². The van der Waals surface area contributed by atoms with Gasteiger partial charge >= 0.3 is 5.97 Å². The van der Waals surface area contributed by atoms with Gasteiger partial charge < -0.3 is 9.47 Å². The average molecular weight is 321 g/mol. The lowest BCUT2D eigenvalue weighted by molar-refractivity contribution is -0.149. The number of hydrogen-bond acceptors (Lipinski definition) is 5. The summed E-state index contributed by atoms with van der Waals surface area (Å²) in [5.41, 5.74) is 0. The van der Waals surface area contributed by atoms with Crippen LogP contribution in [0.5, 0.6) is 0 Å². The molecule has 1 fully saturated rings. The monoisotopic (exact) mass is 321 g/mol. The molecule has 1 unspecified atom stereocenters. The number of carbonyl (C=O) groups is 1. The summed E-state index contributed by atoms with van der Waals surface area (Å²) in [4.78, 5) is 10.8. The van der Waals surface area contributed by atoms with Gasteiger partial charge in [0.15, 0.2) is 0 Å². The van der Waals surface area contributed by atoms with Crippen molar-refractivity contribution in [3.63, 3.8) is 0 Å². The van der Waals surface area contributed by atoms with Gasteiger partial charge in [-0.3, -0.25) is 4.79 Å². The number of ether oxygens (including phenoxy) is 2. The molecule has 0 amide bonds. The maximum atomic E-state index is 13.7. The van der Waals surface area contributed by atoms with Crippen LogP contribution in [0.15, 0.2) is 23.1 Å². The lowest BCUT2D eigenvalue weighted by Gasteiger charge is -2.32. The van der Waals surface area contributed by atoms with Gasteiger partial charge in [-0.2, -0.15) is 4.31 Å². The van der Waals surface area contributed by atoms with Crippen LogP contribution in [0.1, 0.15) is 0 Å². The first-order valence-electron chi connectivity index (χ1n) is 6.00. The van der Waals surface area contributed by atoms with Crippen LogP contribution in [-0.2, 0) is 24.3 Å². The molecular formula is C12H13F2NO5S. The molecule has 1 aromatic rings. The fourth-order valence-corrected chi connectivity index (χ4v) is 3.62. The maximum absolute atomic E-state index is 13.7. The Kier molecular flexibility index (Phi) is 4.55. The van der Waals surface area contributed by atoms with E-state index in [1.807, 2.05) is 0 Å². The molecule has 9 heteroatoms. The highest BCUT2D eigenvalue weighted by Crippen LogP contribution is 2.24. The summed E-state index contributed by atoms with van der Waals surface area (Å²) >= 11 is 0. The second-order valence-electron chi connectivity index (χ2n) is 4.30. The van der Waals surface area contributed by atoms with E-state index in [-0.39, 0.29) is 19.8 Å².